The van der Waals surface area contributed by atoms with Crippen molar-refractivity contribution in [3.63, 3.8) is 0 Å². The van der Waals surface area contributed by atoms with Crippen molar-refractivity contribution in [1.82, 2.24) is 20.0 Å². The van der Waals surface area contributed by atoms with Gasteiger partial charge in [-0.15, -0.1) is 12.4 Å². The maximum atomic E-state index is 12.7. The Balaban J connectivity index is 0.00000225. The van der Waals surface area contributed by atoms with Crippen molar-refractivity contribution in [2.45, 2.75) is 25.9 Å². The Hall–Kier alpha value is -2.45. The normalized spacial score (nSPS) is 20.0. The van der Waals surface area contributed by atoms with E-state index < -0.39 is 4.92 Å². The van der Waals surface area contributed by atoms with Crippen molar-refractivity contribution in [3.8, 4) is 5.69 Å². The summed E-state index contributed by atoms with van der Waals surface area (Å²) in [6.07, 6.45) is 1.58. The summed E-state index contributed by atoms with van der Waals surface area (Å²) < 4.78 is 1.38. The number of halogens is 1. The molecular weight excluding hydrogens is 346 g/mol. The van der Waals surface area contributed by atoms with Crippen LogP contribution in [0.4, 0.5) is 5.69 Å². The van der Waals surface area contributed by atoms with E-state index in [1.54, 1.807) is 35.4 Å². The highest BCUT2D eigenvalue weighted by atomic mass is 35.5. The van der Waals surface area contributed by atoms with Crippen LogP contribution in [-0.2, 0) is 0 Å². The molecule has 0 spiro atoms. The van der Waals surface area contributed by atoms with Crippen LogP contribution in [0.15, 0.2) is 36.5 Å². The predicted molar refractivity (Wildman–Crippen MR) is 95.4 cm³/mol. The van der Waals surface area contributed by atoms with Crippen molar-refractivity contribution in [2.75, 3.05) is 13.1 Å². The van der Waals surface area contributed by atoms with Crippen molar-refractivity contribution >= 4 is 24.0 Å². The second kappa shape index (κ2) is 7.62. The average molecular weight is 366 g/mol. The van der Waals surface area contributed by atoms with Gasteiger partial charge in [0.25, 0.3) is 11.6 Å². The predicted octanol–water partition coefficient (Wildman–Crippen LogP) is 2.02. The fourth-order valence-electron chi connectivity index (χ4n) is 2.84. The molecular formula is C16H20ClN5O3. The summed E-state index contributed by atoms with van der Waals surface area (Å²) in [5, 5.41) is 18.7. The molecule has 3 rings (SSSR count). The zero-order valence-electron chi connectivity index (χ0n) is 14.0. The van der Waals surface area contributed by atoms with Gasteiger partial charge in [0, 0.05) is 37.4 Å². The van der Waals surface area contributed by atoms with Crippen molar-refractivity contribution < 1.29 is 9.72 Å². The lowest BCUT2D eigenvalue weighted by atomic mass is 10.1. The Morgan fingerprint density at radius 3 is 2.76 bits per heavy atom. The minimum Gasteiger partial charge on any atom is -0.332 e. The largest absolute Gasteiger partial charge is 0.332 e. The van der Waals surface area contributed by atoms with Crippen LogP contribution in [0.1, 0.15) is 24.3 Å². The van der Waals surface area contributed by atoms with Gasteiger partial charge in [-0.2, -0.15) is 5.10 Å². The molecule has 1 saturated heterocycles. The topological polar surface area (TPSA) is 93.3 Å². The molecule has 1 aliphatic rings. The molecule has 1 aromatic heterocycles. The van der Waals surface area contributed by atoms with Gasteiger partial charge in [0.05, 0.1) is 4.92 Å². The summed E-state index contributed by atoms with van der Waals surface area (Å²) in [6.45, 7) is 5.35. The molecule has 2 aromatic rings. The number of aromatic nitrogens is 2. The molecule has 0 radical (unpaired) electrons. The summed E-state index contributed by atoms with van der Waals surface area (Å²) in [5.74, 6) is -0.159. The zero-order valence-corrected chi connectivity index (χ0v) is 14.8. The highest BCUT2D eigenvalue weighted by molar-refractivity contribution is 5.92. The summed E-state index contributed by atoms with van der Waals surface area (Å²) in [4.78, 5) is 25.2. The first-order valence-electron chi connectivity index (χ1n) is 7.81. The van der Waals surface area contributed by atoms with E-state index in [9.17, 15) is 14.9 Å². The van der Waals surface area contributed by atoms with Crippen LogP contribution in [0.25, 0.3) is 5.69 Å². The van der Waals surface area contributed by atoms with Gasteiger partial charge in [-0.25, -0.2) is 4.68 Å². The van der Waals surface area contributed by atoms with Crippen molar-refractivity contribution in [2.24, 2.45) is 0 Å². The minimum atomic E-state index is -0.460. The molecule has 1 aliphatic heterocycles. The Labute approximate surface area is 151 Å². The fourth-order valence-corrected chi connectivity index (χ4v) is 2.84. The number of rotatable bonds is 3. The van der Waals surface area contributed by atoms with Gasteiger partial charge in [-0.3, -0.25) is 14.9 Å². The summed E-state index contributed by atoms with van der Waals surface area (Å²) in [7, 11) is 0. The fraction of sp³-hybridized carbons (Fsp3) is 0.375. The summed E-state index contributed by atoms with van der Waals surface area (Å²) in [6, 6.07) is 8.21. The standard InChI is InChI=1S/C16H19N5O3.ClH/c1-11-10-19(12(2)9-17-11)16(22)13-7-8-20(18-13)14-5-3-4-6-15(14)21(23)24;/h3-8,11-12,17H,9-10H2,1-2H3;1H. The Bertz CT molecular complexity index is 779. The first kappa shape index (κ1) is 18.9. The number of nitrogens with one attached hydrogen (secondary N) is 1. The van der Waals surface area contributed by atoms with E-state index >= 15 is 0 Å². The van der Waals surface area contributed by atoms with Crippen LogP contribution in [0.3, 0.4) is 0 Å². The third-order valence-electron chi connectivity index (χ3n) is 4.16. The number of hydrogen-bond donors (Lipinski definition) is 1. The van der Waals surface area contributed by atoms with Gasteiger partial charge in [0.2, 0.25) is 0 Å². The molecule has 1 aromatic carbocycles. The highest BCUT2D eigenvalue weighted by Gasteiger charge is 2.29. The molecule has 0 saturated carbocycles. The van der Waals surface area contributed by atoms with E-state index in [0.29, 0.717) is 12.2 Å². The number of carbonyl (C=O) groups is 1. The smallest absolute Gasteiger partial charge is 0.294 e. The van der Waals surface area contributed by atoms with Crippen LogP contribution in [0.2, 0.25) is 0 Å². The molecule has 0 bridgehead atoms. The molecule has 0 aliphatic carbocycles. The van der Waals surface area contributed by atoms with Crippen LogP contribution in [0, 0.1) is 10.1 Å². The first-order chi connectivity index (χ1) is 11.5. The van der Waals surface area contributed by atoms with Crippen molar-refractivity contribution in [1.29, 1.82) is 0 Å². The number of hydrogen-bond acceptors (Lipinski definition) is 5. The lowest BCUT2D eigenvalue weighted by Crippen LogP contribution is -2.56. The molecule has 134 valence electrons. The third-order valence-corrected chi connectivity index (χ3v) is 4.16. The number of benzene rings is 1. The quantitative estimate of drug-likeness (QED) is 0.663. The highest BCUT2D eigenvalue weighted by Crippen LogP contribution is 2.22. The molecule has 25 heavy (non-hydrogen) atoms. The van der Waals surface area contributed by atoms with Gasteiger partial charge in [0.15, 0.2) is 5.69 Å². The van der Waals surface area contributed by atoms with E-state index in [0.717, 1.165) is 6.54 Å². The molecule has 1 amide bonds. The second-order valence-electron chi connectivity index (χ2n) is 6.01. The van der Waals surface area contributed by atoms with E-state index in [1.165, 1.54) is 10.7 Å². The van der Waals surface area contributed by atoms with Gasteiger partial charge in [-0.05, 0) is 26.0 Å². The van der Waals surface area contributed by atoms with Gasteiger partial charge < -0.3 is 10.2 Å². The van der Waals surface area contributed by atoms with Crippen LogP contribution in [-0.4, -0.2) is 50.7 Å². The Kier molecular flexibility index (Phi) is 5.76. The van der Waals surface area contributed by atoms with E-state index in [-0.39, 0.29) is 41.8 Å². The van der Waals surface area contributed by atoms with Crippen LogP contribution < -0.4 is 5.32 Å². The maximum Gasteiger partial charge on any atom is 0.294 e. The third kappa shape index (κ3) is 3.80. The number of nitrogens with zero attached hydrogens (tertiary/aromatic N) is 4. The van der Waals surface area contributed by atoms with Gasteiger partial charge in [0.1, 0.15) is 5.69 Å². The number of amides is 1. The lowest BCUT2D eigenvalue weighted by Gasteiger charge is -2.37. The first-order valence-corrected chi connectivity index (χ1v) is 7.81. The van der Waals surface area contributed by atoms with Gasteiger partial charge >= 0.3 is 0 Å². The van der Waals surface area contributed by atoms with E-state index in [2.05, 4.69) is 10.4 Å². The van der Waals surface area contributed by atoms with E-state index in [4.69, 9.17) is 0 Å². The minimum absolute atomic E-state index is 0. The monoisotopic (exact) mass is 365 g/mol. The zero-order chi connectivity index (χ0) is 17.3. The molecule has 2 heterocycles. The number of piperazine rings is 1. The SMILES string of the molecule is CC1CN(C(=O)c2ccn(-c3ccccc3[N+](=O)[O-])n2)C(C)CN1.Cl. The molecule has 8 nitrogen and oxygen atoms in total. The molecule has 2 atom stereocenters. The summed E-state index contributed by atoms with van der Waals surface area (Å²) in [5.41, 5.74) is 0.571. The van der Waals surface area contributed by atoms with Gasteiger partial charge in [-0.1, -0.05) is 12.1 Å². The molecule has 1 N–H and O–H groups in total. The Morgan fingerprint density at radius 2 is 2.04 bits per heavy atom. The molecule has 2 unspecified atom stereocenters. The van der Waals surface area contributed by atoms with Crippen molar-refractivity contribution in [3.05, 3.63) is 52.3 Å². The average Bonchev–Trinajstić information content (AvgIpc) is 3.06. The van der Waals surface area contributed by atoms with Crippen LogP contribution >= 0.6 is 12.4 Å². The number of carbonyl (C=O) groups excluding carboxylic acids is 1. The lowest BCUT2D eigenvalue weighted by molar-refractivity contribution is -0.384. The molecule has 1 fully saturated rings. The molecule has 9 heteroatoms. The maximum absolute atomic E-state index is 12.7. The van der Waals surface area contributed by atoms with E-state index in [1.807, 2.05) is 13.8 Å². The number of nitro groups is 1. The summed E-state index contributed by atoms with van der Waals surface area (Å²) >= 11 is 0. The number of para-hydroxylation sites is 2. The Morgan fingerprint density at radius 1 is 1.32 bits per heavy atom. The van der Waals surface area contributed by atoms with Crippen LogP contribution in [0.5, 0.6) is 0 Å². The second-order valence-corrected chi connectivity index (χ2v) is 6.01. The number of nitro benzene ring substituents is 1.